The van der Waals surface area contributed by atoms with Crippen LogP contribution >= 0.6 is 0 Å². The molecule has 0 bridgehead atoms. The first-order valence-electron chi connectivity index (χ1n) is 0. The van der Waals surface area contributed by atoms with Crippen LogP contribution in [0.1, 0.15) is 0 Å². The Kier molecular flexibility index (Phi) is 9770. The van der Waals surface area contributed by atoms with Gasteiger partial charge in [-0.05, 0) is 0 Å². The fourth-order valence-electron chi connectivity index (χ4n) is 0. The van der Waals surface area contributed by atoms with Gasteiger partial charge in [-0.25, -0.2) is 0 Å². The monoisotopic (exact) mass is 115 g/mol. The van der Waals surface area contributed by atoms with Crippen LogP contribution in [-0.2, 0) is 17.1 Å². The Bertz CT molecular complexity index is 6.00. The quantitative estimate of drug-likeness (QED) is 0.365. The van der Waals surface area contributed by atoms with E-state index in [-0.39, 0.29) is 34.2 Å². The average Bonchev–Trinajstić information content (AvgIpc) is 0. The maximum absolute atomic E-state index is 0. The molecule has 0 fully saturated rings. The Morgan fingerprint density at radius 3 is 0.750 bits per heavy atom. The van der Waals surface area contributed by atoms with Crippen LogP contribution in [0.15, 0.2) is 0 Å². The minimum absolute atomic E-state index is 0. The van der Waals surface area contributed by atoms with E-state index in [2.05, 4.69) is 0 Å². The summed E-state index contributed by atoms with van der Waals surface area (Å²) >= 11 is 0. The van der Waals surface area contributed by atoms with Crippen LogP contribution in [-0.4, -0.2) is 11.0 Å². The molecule has 0 aromatic heterocycles. The predicted octanol–water partition coefficient (Wildman–Crippen LogP) is -0.935. The molecular weight excluding hydrogens is 110 g/mol. The fourth-order valence-corrected chi connectivity index (χ4v) is 0. The molecule has 0 saturated carbocycles. The Balaban J connectivity index is 0. The molecule has 0 aliphatic rings. The Hall–Kier alpha value is 0.399. The van der Waals surface area contributed by atoms with Crippen LogP contribution in [0.2, 0.25) is 0 Å². The van der Waals surface area contributed by atoms with Gasteiger partial charge in [-0.1, -0.05) is 0 Å². The first-order valence-corrected chi connectivity index (χ1v) is 0. The van der Waals surface area contributed by atoms with Gasteiger partial charge in [-0.3, -0.25) is 0 Å². The van der Waals surface area contributed by atoms with Crippen LogP contribution in [0.5, 0.6) is 0 Å². The van der Waals surface area contributed by atoms with E-state index in [1.165, 1.54) is 0 Å². The van der Waals surface area contributed by atoms with Gasteiger partial charge in [-0.2, -0.15) is 0 Å². The van der Waals surface area contributed by atoms with Gasteiger partial charge in [0.1, 0.15) is 0 Å². The average molecular weight is 116 g/mol. The van der Waals surface area contributed by atoms with E-state index in [1.54, 1.807) is 0 Å². The topological polar surface area (TPSA) is 96.5 Å². The molecular formula is H6CuNO2. The van der Waals surface area contributed by atoms with Crippen molar-refractivity contribution in [3.05, 3.63) is 6.15 Å². The van der Waals surface area contributed by atoms with Gasteiger partial charge in [0, 0.05) is 0 Å². The third-order valence-corrected chi connectivity index (χ3v) is 0. The molecule has 3 nitrogen and oxygen atoms in total. The Morgan fingerprint density at radius 1 is 0.750 bits per heavy atom. The summed E-state index contributed by atoms with van der Waals surface area (Å²) in [5.74, 6) is 0. The molecule has 6 N–H and O–H groups in total. The largest absolute Gasteiger partial charge is 1.00 e. The van der Waals surface area contributed by atoms with E-state index in [0.29, 0.717) is 0 Å². The SMILES string of the molecule is O.O.[Cu+].[NH2-]. The molecule has 0 heterocycles. The van der Waals surface area contributed by atoms with Gasteiger partial charge < -0.3 is 17.1 Å². The summed E-state index contributed by atoms with van der Waals surface area (Å²) in [6.45, 7) is 0. The third-order valence-electron chi connectivity index (χ3n) is 0. The maximum atomic E-state index is 0. The summed E-state index contributed by atoms with van der Waals surface area (Å²) in [5, 5.41) is 0. The van der Waals surface area contributed by atoms with Gasteiger partial charge in [0.25, 0.3) is 0 Å². The maximum Gasteiger partial charge on any atom is 1.00 e. The molecule has 0 aliphatic heterocycles. The predicted molar refractivity (Wildman–Crippen MR) is 12.5 cm³/mol. The molecule has 0 amide bonds. The molecule has 0 aromatic rings. The van der Waals surface area contributed by atoms with E-state index in [0.717, 1.165) is 0 Å². The minimum atomic E-state index is 0. The van der Waals surface area contributed by atoms with Crippen LogP contribution in [0, 0.1) is 0 Å². The Morgan fingerprint density at radius 2 is 0.750 bits per heavy atom. The van der Waals surface area contributed by atoms with Gasteiger partial charge in [-0.15, -0.1) is 0 Å². The second-order valence-electron chi connectivity index (χ2n) is 0. The zero-order valence-corrected chi connectivity index (χ0v) is 2.82. The van der Waals surface area contributed by atoms with Crippen molar-refractivity contribution in [2.75, 3.05) is 0 Å². The van der Waals surface area contributed by atoms with Crippen molar-refractivity contribution < 1.29 is 28.0 Å². The van der Waals surface area contributed by atoms with Crippen molar-refractivity contribution >= 4 is 0 Å². The van der Waals surface area contributed by atoms with Crippen LogP contribution < -0.4 is 0 Å². The first kappa shape index (κ1) is 319. The molecule has 0 unspecified atom stereocenters. The summed E-state index contributed by atoms with van der Waals surface area (Å²) < 4.78 is 0. The Labute approximate surface area is 35.1 Å². The van der Waals surface area contributed by atoms with Crippen molar-refractivity contribution in [3.8, 4) is 0 Å². The van der Waals surface area contributed by atoms with Crippen molar-refractivity contribution in [1.82, 2.24) is 0 Å². The van der Waals surface area contributed by atoms with E-state index in [9.17, 15) is 0 Å². The molecule has 4 heavy (non-hydrogen) atoms. The van der Waals surface area contributed by atoms with Crippen molar-refractivity contribution in [2.24, 2.45) is 0 Å². The van der Waals surface area contributed by atoms with Crippen LogP contribution in [0.3, 0.4) is 0 Å². The molecule has 0 rings (SSSR count). The smallest absolute Gasteiger partial charge is 0.693 e. The molecule has 0 radical (unpaired) electrons. The standard InChI is InChI=1S/Cu.H2N.2H2O/h;3*1H2/q+1;-1;;. The van der Waals surface area contributed by atoms with Crippen LogP contribution in [0.4, 0.5) is 0 Å². The molecule has 4 heteroatoms. The van der Waals surface area contributed by atoms with Gasteiger partial charge in [0.15, 0.2) is 0 Å². The summed E-state index contributed by atoms with van der Waals surface area (Å²) in [7, 11) is 0. The number of nitrogens with two attached hydrogens (primary N) is 1. The minimum Gasteiger partial charge on any atom is -0.693 e. The van der Waals surface area contributed by atoms with Gasteiger partial charge in [0.2, 0.25) is 0 Å². The van der Waals surface area contributed by atoms with E-state index in [4.69, 9.17) is 0 Å². The summed E-state index contributed by atoms with van der Waals surface area (Å²) in [5.41, 5.74) is 0. The zero-order chi connectivity index (χ0) is 0. The second-order valence-corrected chi connectivity index (χ2v) is 0. The number of hydrogen-bond donors (Lipinski definition) is 0. The van der Waals surface area contributed by atoms with Crippen molar-refractivity contribution in [1.29, 1.82) is 0 Å². The summed E-state index contributed by atoms with van der Waals surface area (Å²) in [6.07, 6.45) is 0. The fraction of sp³-hybridized carbons (Fsp3) is 0. The van der Waals surface area contributed by atoms with Crippen molar-refractivity contribution in [3.63, 3.8) is 0 Å². The summed E-state index contributed by atoms with van der Waals surface area (Å²) in [6, 6.07) is 0. The third kappa shape index (κ3) is 29.4. The molecule has 34 valence electrons. The summed E-state index contributed by atoms with van der Waals surface area (Å²) in [4.78, 5) is 0. The molecule has 0 aromatic carbocycles. The van der Waals surface area contributed by atoms with E-state index < -0.39 is 0 Å². The normalized spacial score (nSPS) is 0. The van der Waals surface area contributed by atoms with Crippen molar-refractivity contribution in [2.45, 2.75) is 0 Å². The second kappa shape index (κ2) is 123. The van der Waals surface area contributed by atoms with Gasteiger partial charge >= 0.3 is 17.1 Å². The first-order chi connectivity index (χ1) is 0. The molecule has 0 spiro atoms. The van der Waals surface area contributed by atoms with E-state index in [1.807, 2.05) is 0 Å². The zero-order valence-electron chi connectivity index (χ0n) is 1.88. The number of hydrogen-bond acceptors (Lipinski definition) is 0. The number of rotatable bonds is 0. The molecule has 0 atom stereocenters. The van der Waals surface area contributed by atoms with E-state index >= 15 is 0 Å². The molecule has 0 aliphatic carbocycles. The molecule has 0 saturated heterocycles. The van der Waals surface area contributed by atoms with Crippen LogP contribution in [0.25, 0.3) is 6.15 Å². The van der Waals surface area contributed by atoms with Gasteiger partial charge in [0.05, 0.1) is 0 Å².